The number of benzene rings is 1. The molecule has 0 unspecified atom stereocenters. The van der Waals surface area contributed by atoms with Crippen LogP contribution in [0.4, 0.5) is 26.3 Å². The maximum atomic E-state index is 12.8. The molecule has 0 saturated heterocycles. The van der Waals surface area contributed by atoms with Crippen LogP contribution in [0.25, 0.3) is 0 Å². The summed E-state index contributed by atoms with van der Waals surface area (Å²) < 4.78 is 98.5. The van der Waals surface area contributed by atoms with Crippen LogP contribution in [0.15, 0.2) is 17.0 Å². The number of nitrogens with two attached hydrogens (primary N) is 1. The van der Waals surface area contributed by atoms with Crippen molar-refractivity contribution in [2.24, 2.45) is 5.14 Å². The Labute approximate surface area is 110 Å². The summed E-state index contributed by atoms with van der Waals surface area (Å²) in [5.74, 6) is 0. The first-order valence-electron chi connectivity index (χ1n) is 5.12. The zero-order chi connectivity index (χ0) is 15.9. The van der Waals surface area contributed by atoms with Gasteiger partial charge in [-0.2, -0.15) is 26.3 Å². The second kappa shape index (κ2) is 4.92. The molecule has 0 heterocycles. The van der Waals surface area contributed by atoms with Gasteiger partial charge in [0.2, 0.25) is 10.0 Å². The number of primary sulfonamides is 1. The zero-order valence-corrected chi connectivity index (χ0v) is 10.7. The van der Waals surface area contributed by atoms with E-state index >= 15 is 0 Å². The lowest BCUT2D eigenvalue weighted by Crippen LogP contribution is -2.22. The quantitative estimate of drug-likeness (QED) is 0.852. The van der Waals surface area contributed by atoms with Crippen LogP contribution in [0.3, 0.4) is 0 Å². The van der Waals surface area contributed by atoms with E-state index in [1.165, 1.54) is 6.92 Å². The molecule has 0 spiro atoms. The summed E-state index contributed by atoms with van der Waals surface area (Å²) in [5.41, 5.74) is -4.12. The van der Waals surface area contributed by atoms with E-state index in [9.17, 15) is 34.8 Å². The predicted molar refractivity (Wildman–Crippen MR) is 57.2 cm³/mol. The molecule has 1 aromatic carbocycles. The Balaban J connectivity index is 3.85. The number of rotatable bonds is 2. The van der Waals surface area contributed by atoms with Crippen molar-refractivity contribution in [3.05, 3.63) is 28.8 Å². The molecule has 10 heteroatoms. The van der Waals surface area contributed by atoms with Crippen LogP contribution in [0.2, 0.25) is 0 Å². The number of aryl methyl sites for hydroxylation is 1. The Bertz CT molecular complexity index is 618. The van der Waals surface area contributed by atoms with Gasteiger partial charge in [0.15, 0.2) is 0 Å². The second-order valence-corrected chi connectivity index (χ2v) is 5.40. The molecule has 3 nitrogen and oxygen atoms in total. The topological polar surface area (TPSA) is 60.2 Å². The van der Waals surface area contributed by atoms with Crippen molar-refractivity contribution < 1.29 is 34.8 Å². The molecule has 0 amide bonds. The SMILES string of the molecule is CCc1cc(C(F)(F)F)cc(C(F)(F)F)c1S(N)(=O)=O. The van der Waals surface area contributed by atoms with Crippen LogP contribution >= 0.6 is 0 Å². The van der Waals surface area contributed by atoms with E-state index in [1.54, 1.807) is 0 Å². The lowest BCUT2D eigenvalue weighted by atomic mass is 10.0. The van der Waals surface area contributed by atoms with Gasteiger partial charge in [-0.3, -0.25) is 0 Å². The molecule has 1 rings (SSSR count). The van der Waals surface area contributed by atoms with Crippen molar-refractivity contribution in [1.82, 2.24) is 0 Å². The molecule has 20 heavy (non-hydrogen) atoms. The van der Waals surface area contributed by atoms with Crippen LogP contribution in [0.1, 0.15) is 23.6 Å². The van der Waals surface area contributed by atoms with Crippen molar-refractivity contribution in [3.63, 3.8) is 0 Å². The highest BCUT2D eigenvalue weighted by atomic mass is 32.2. The number of alkyl halides is 6. The third-order valence-corrected chi connectivity index (χ3v) is 3.52. The molecule has 0 fully saturated rings. The fourth-order valence-corrected chi connectivity index (χ4v) is 2.71. The lowest BCUT2D eigenvalue weighted by Gasteiger charge is -2.18. The second-order valence-electron chi connectivity index (χ2n) is 3.91. The van der Waals surface area contributed by atoms with Gasteiger partial charge in [-0.25, -0.2) is 13.6 Å². The molecule has 2 N–H and O–H groups in total. The first kappa shape index (κ1) is 16.8. The monoisotopic (exact) mass is 321 g/mol. The highest BCUT2D eigenvalue weighted by Crippen LogP contribution is 2.40. The Morgan fingerprint density at radius 3 is 1.85 bits per heavy atom. The van der Waals surface area contributed by atoms with E-state index in [4.69, 9.17) is 0 Å². The number of halogens is 6. The molecule has 0 aliphatic heterocycles. The van der Waals surface area contributed by atoms with Gasteiger partial charge in [0.25, 0.3) is 0 Å². The van der Waals surface area contributed by atoms with Gasteiger partial charge in [0, 0.05) is 0 Å². The summed E-state index contributed by atoms with van der Waals surface area (Å²) in [6.07, 6.45) is -10.6. The molecule has 0 atom stereocenters. The predicted octanol–water partition coefficient (Wildman–Crippen LogP) is 2.93. The van der Waals surface area contributed by atoms with Crippen LogP contribution < -0.4 is 5.14 Å². The Morgan fingerprint density at radius 2 is 1.55 bits per heavy atom. The maximum Gasteiger partial charge on any atom is 0.417 e. The van der Waals surface area contributed by atoms with E-state index in [0.29, 0.717) is 6.07 Å². The number of sulfonamides is 1. The molecule has 0 aliphatic carbocycles. The van der Waals surface area contributed by atoms with E-state index < -0.39 is 44.0 Å². The van der Waals surface area contributed by atoms with Gasteiger partial charge in [-0.1, -0.05) is 6.92 Å². The van der Waals surface area contributed by atoms with Crippen molar-refractivity contribution in [1.29, 1.82) is 0 Å². The van der Waals surface area contributed by atoms with Crippen molar-refractivity contribution in [2.45, 2.75) is 30.6 Å². The van der Waals surface area contributed by atoms with Crippen molar-refractivity contribution >= 4 is 10.0 Å². The molecule has 114 valence electrons. The summed E-state index contributed by atoms with van der Waals surface area (Å²) >= 11 is 0. The van der Waals surface area contributed by atoms with Crippen LogP contribution in [0.5, 0.6) is 0 Å². The number of hydrogen-bond acceptors (Lipinski definition) is 2. The first-order chi connectivity index (χ1) is 8.78. The van der Waals surface area contributed by atoms with E-state index in [2.05, 4.69) is 5.14 Å². The smallest absolute Gasteiger partial charge is 0.225 e. The highest BCUT2D eigenvalue weighted by molar-refractivity contribution is 7.89. The summed E-state index contributed by atoms with van der Waals surface area (Å²) in [5, 5.41) is 4.68. The standard InChI is InChI=1S/C10H9F6NO2S/c1-2-5-3-6(9(11,12)13)4-7(10(14,15)16)8(5)20(17,18)19/h3-4H,2H2,1H3,(H2,17,18,19). The normalized spacial score (nSPS) is 13.6. The van der Waals surface area contributed by atoms with Gasteiger partial charge in [-0.15, -0.1) is 0 Å². The average molecular weight is 321 g/mol. The van der Waals surface area contributed by atoms with Gasteiger partial charge in [0.05, 0.1) is 16.0 Å². The van der Waals surface area contributed by atoms with Gasteiger partial charge in [-0.05, 0) is 24.1 Å². The minimum absolute atomic E-state index is 0.251. The molecular weight excluding hydrogens is 312 g/mol. The Kier molecular flexibility index (Phi) is 4.12. The Morgan fingerprint density at radius 1 is 1.05 bits per heavy atom. The molecule has 0 aliphatic rings. The highest BCUT2D eigenvalue weighted by Gasteiger charge is 2.41. The van der Waals surface area contributed by atoms with E-state index in [-0.39, 0.29) is 12.5 Å². The van der Waals surface area contributed by atoms with Gasteiger partial charge < -0.3 is 0 Å². The molecule has 0 radical (unpaired) electrons. The molecular formula is C10H9F6NO2S. The maximum absolute atomic E-state index is 12.8. The minimum Gasteiger partial charge on any atom is -0.225 e. The largest absolute Gasteiger partial charge is 0.417 e. The molecule has 0 saturated carbocycles. The fourth-order valence-electron chi connectivity index (χ4n) is 1.66. The minimum atomic E-state index is -5.27. The first-order valence-corrected chi connectivity index (χ1v) is 6.67. The van der Waals surface area contributed by atoms with Gasteiger partial charge >= 0.3 is 12.4 Å². The van der Waals surface area contributed by atoms with Crippen LogP contribution in [-0.4, -0.2) is 8.42 Å². The average Bonchev–Trinajstić information content (AvgIpc) is 2.23. The van der Waals surface area contributed by atoms with E-state index in [1.807, 2.05) is 0 Å². The third kappa shape index (κ3) is 3.42. The van der Waals surface area contributed by atoms with Crippen LogP contribution in [0, 0.1) is 0 Å². The van der Waals surface area contributed by atoms with Gasteiger partial charge in [0.1, 0.15) is 0 Å². The van der Waals surface area contributed by atoms with Crippen LogP contribution in [-0.2, 0) is 28.8 Å². The number of hydrogen-bond donors (Lipinski definition) is 1. The molecule has 0 bridgehead atoms. The summed E-state index contributed by atoms with van der Waals surface area (Å²) in [6.45, 7) is 1.23. The van der Waals surface area contributed by atoms with E-state index in [0.717, 1.165) is 0 Å². The summed E-state index contributed by atoms with van der Waals surface area (Å²) in [7, 11) is -4.81. The molecule has 1 aromatic rings. The van der Waals surface area contributed by atoms with Crippen molar-refractivity contribution in [2.75, 3.05) is 0 Å². The zero-order valence-electron chi connectivity index (χ0n) is 9.93. The summed E-state index contributed by atoms with van der Waals surface area (Å²) in [4.78, 5) is -1.32. The lowest BCUT2D eigenvalue weighted by molar-refractivity contribution is -0.144. The fraction of sp³-hybridized carbons (Fsp3) is 0.400. The third-order valence-electron chi connectivity index (χ3n) is 2.46. The van der Waals surface area contributed by atoms with Crippen molar-refractivity contribution in [3.8, 4) is 0 Å². The summed E-state index contributed by atoms with van der Waals surface area (Å²) in [6, 6.07) is 0.105. The Hall–Kier alpha value is -1.29. The molecule has 0 aromatic heterocycles.